The van der Waals surface area contributed by atoms with Gasteiger partial charge in [0.1, 0.15) is 5.75 Å². The van der Waals surface area contributed by atoms with Crippen LogP contribution in [0.15, 0.2) is 36.4 Å². The second-order valence-electron chi connectivity index (χ2n) is 6.69. The molecule has 2 amide bonds. The fourth-order valence-electron chi connectivity index (χ4n) is 3.02. The third-order valence-corrected chi connectivity index (χ3v) is 4.64. The van der Waals surface area contributed by atoms with Crippen molar-refractivity contribution >= 4 is 23.2 Å². The largest absolute Gasteiger partial charge is 0.479 e. The molecular formula is C21H24N2O3. The highest BCUT2D eigenvalue weighted by atomic mass is 16.5. The number of nitrogens with one attached hydrogen (secondary N) is 1. The predicted molar refractivity (Wildman–Crippen MR) is 103 cm³/mol. The van der Waals surface area contributed by atoms with E-state index in [2.05, 4.69) is 5.32 Å². The number of fused-ring (bicyclic) bond motifs is 1. The average Bonchev–Trinajstić information content (AvgIpc) is 2.61. The number of benzene rings is 2. The minimum absolute atomic E-state index is 0.0583. The molecule has 1 unspecified atom stereocenters. The van der Waals surface area contributed by atoms with Gasteiger partial charge < -0.3 is 15.0 Å². The maximum absolute atomic E-state index is 12.5. The number of carbonyl (C=O) groups is 2. The van der Waals surface area contributed by atoms with E-state index in [0.717, 1.165) is 17.5 Å². The van der Waals surface area contributed by atoms with Crippen LogP contribution in [0.2, 0.25) is 0 Å². The molecule has 5 heteroatoms. The molecule has 0 aliphatic carbocycles. The van der Waals surface area contributed by atoms with Crippen LogP contribution in [0.5, 0.6) is 5.75 Å². The number of aryl methyl sites for hydroxylation is 2. The Bertz CT molecular complexity index is 860. The van der Waals surface area contributed by atoms with E-state index in [4.69, 9.17) is 4.74 Å². The lowest BCUT2D eigenvalue weighted by Crippen LogP contribution is -2.44. The first-order chi connectivity index (χ1) is 12.4. The van der Waals surface area contributed by atoms with Crippen molar-refractivity contribution in [2.45, 2.75) is 40.2 Å². The van der Waals surface area contributed by atoms with Gasteiger partial charge in [-0.25, -0.2) is 0 Å². The van der Waals surface area contributed by atoms with Gasteiger partial charge in [0.25, 0.3) is 11.8 Å². The van der Waals surface area contributed by atoms with E-state index in [9.17, 15) is 9.59 Å². The third kappa shape index (κ3) is 3.43. The summed E-state index contributed by atoms with van der Waals surface area (Å²) in [5.41, 5.74) is 4.17. The molecule has 5 nitrogen and oxygen atoms in total. The zero-order valence-electron chi connectivity index (χ0n) is 15.6. The average molecular weight is 352 g/mol. The van der Waals surface area contributed by atoms with E-state index in [1.807, 2.05) is 39.0 Å². The molecular weight excluding hydrogens is 328 g/mol. The number of nitrogens with zero attached hydrogens (tertiary/aromatic N) is 1. The maximum atomic E-state index is 12.5. The zero-order valence-corrected chi connectivity index (χ0v) is 15.6. The SMILES string of the molecule is CCCN1C(=O)C(C)Oc2ccc(NC(=O)c3ccc(C)c(C)c3)cc21. The molecule has 1 aliphatic heterocycles. The standard InChI is InChI=1S/C21H24N2O3/c1-5-10-23-18-12-17(8-9-19(18)26-15(4)21(23)25)22-20(24)16-7-6-13(2)14(3)11-16/h6-9,11-12,15H,5,10H2,1-4H3,(H,22,24). The van der Waals surface area contributed by atoms with Crippen LogP contribution < -0.4 is 15.0 Å². The summed E-state index contributed by atoms with van der Waals surface area (Å²) in [6, 6.07) is 11.0. The highest BCUT2D eigenvalue weighted by Gasteiger charge is 2.31. The minimum Gasteiger partial charge on any atom is -0.479 e. The smallest absolute Gasteiger partial charge is 0.267 e. The molecule has 2 aromatic rings. The number of carbonyl (C=O) groups excluding carboxylic acids is 2. The highest BCUT2D eigenvalue weighted by molar-refractivity contribution is 6.05. The lowest BCUT2D eigenvalue weighted by molar-refractivity contribution is -0.125. The Morgan fingerprint density at radius 1 is 1.15 bits per heavy atom. The Hall–Kier alpha value is -2.82. The van der Waals surface area contributed by atoms with Gasteiger partial charge in [0.05, 0.1) is 5.69 Å². The number of rotatable bonds is 4. The maximum Gasteiger partial charge on any atom is 0.267 e. The minimum atomic E-state index is -0.495. The van der Waals surface area contributed by atoms with E-state index in [1.54, 1.807) is 30.0 Å². The van der Waals surface area contributed by atoms with Crippen molar-refractivity contribution < 1.29 is 14.3 Å². The summed E-state index contributed by atoms with van der Waals surface area (Å²) in [6.07, 6.45) is 0.349. The van der Waals surface area contributed by atoms with Gasteiger partial charge in [-0.3, -0.25) is 9.59 Å². The number of amides is 2. The Balaban J connectivity index is 1.87. The van der Waals surface area contributed by atoms with Crippen molar-refractivity contribution in [3.05, 3.63) is 53.1 Å². The topological polar surface area (TPSA) is 58.6 Å². The first-order valence-electron chi connectivity index (χ1n) is 8.91. The molecule has 1 aliphatic rings. The lowest BCUT2D eigenvalue weighted by atomic mass is 10.1. The Labute approximate surface area is 154 Å². The van der Waals surface area contributed by atoms with Crippen molar-refractivity contribution in [2.75, 3.05) is 16.8 Å². The predicted octanol–water partition coefficient (Wildman–Crippen LogP) is 4.08. The van der Waals surface area contributed by atoms with Gasteiger partial charge in [-0.15, -0.1) is 0 Å². The number of anilines is 2. The van der Waals surface area contributed by atoms with E-state index in [1.165, 1.54) is 0 Å². The fraction of sp³-hybridized carbons (Fsp3) is 0.333. The van der Waals surface area contributed by atoms with Crippen LogP contribution in [-0.4, -0.2) is 24.5 Å². The van der Waals surface area contributed by atoms with E-state index < -0.39 is 6.10 Å². The molecule has 26 heavy (non-hydrogen) atoms. The van der Waals surface area contributed by atoms with Gasteiger partial charge in [-0.1, -0.05) is 13.0 Å². The molecule has 3 rings (SSSR count). The quantitative estimate of drug-likeness (QED) is 0.902. The van der Waals surface area contributed by atoms with Gasteiger partial charge in [-0.05, 0) is 68.7 Å². The summed E-state index contributed by atoms with van der Waals surface area (Å²) in [7, 11) is 0. The summed E-state index contributed by atoms with van der Waals surface area (Å²) >= 11 is 0. The zero-order chi connectivity index (χ0) is 18.8. The first kappa shape index (κ1) is 18.0. The summed E-state index contributed by atoms with van der Waals surface area (Å²) < 4.78 is 5.69. The highest BCUT2D eigenvalue weighted by Crippen LogP contribution is 2.36. The van der Waals surface area contributed by atoms with Crippen LogP contribution in [0.1, 0.15) is 41.8 Å². The lowest BCUT2D eigenvalue weighted by Gasteiger charge is -2.33. The second kappa shape index (κ2) is 7.20. The van der Waals surface area contributed by atoms with E-state index in [-0.39, 0.29) is 11.8 Å². The van der Waals surface area contributed by atoms with Crippen molar-refractivity contribution in [1.29, 1.82) is 0 Å². The number of hydrogen-bond acceptors (Lipinski definition) is 3. The normalized spacial score (nSPS) is 16.1. The van der Waals surface area contributed by atoms with Gasteiger partial charge >= 0.3 is 0 Å². The molecule has 0 saturated carbocycles. The van der Waals surface area contributed by atoms with Crippen LogP contribution in [-0.2, 0) is 4.79 Å². The fourth-order valence-corrected chi connectivity index (χ4v) is 3.02. The molecule has 0 aromatic heterocycles. The third-order valence-electron chi connectivity index (χ3n) is 4.64. The van der Waals surface area contributed by atoms with Crippen LogP contribution >= 0.6 is 0 Å². The molecule has 0 bridgehead atoms. The van der Waals surface area contributed by atoms with Crippen LogP contribution in [0.25, 0.3) is 0 Å². The van der Waals surface area contributed by atoms with Crippen LogP contribution in [0.3, 0.4) is 0 Å². The molecule has 0 radical (unpaired) electrons. The summed E-state index contributed by atoms with van der Waals surface area (Å²) in [5.74, 6) is 0.429. The molecule has 136 valence electrons. The van der Waals surface area contributed by atoms with Crippen LogP contribution in [0.4, 0.5) is 11.4 Å². The molecule has 1 N–H and O–H groups in total. The molecule has 0 saturated heterocycles. The molecule has 1 heterocycles. The summed E-state index contributed by atoms with van der Waals surface area (Å²) in [4.78, 5) is 26.7. The Morgan fingerprint density at radius 2 is 1.92 bits per heavy atom. The van der Waals surface area contributed by atoms with Crippen molar-refractivity contribution in [1.82, 2.24) is 0 Å². The summed E-state index contributed by atoms with van der Waals surface area (Å²) in [6.45, 7) is 8.40. The number of hydrogen-bond donors (Lipinski definition) is 1. The van der Waals surface area contributed by atoms with Crippen molar-refractivity contribution in [3.63, 3.8) is 0 Å². The van der Waals surface area contributed by atoms with Crippen molar-refractivity contribution in [3.8, 4) is 5.75 Å². The monoisotopic (exact) mass is 352 g/mol. The van der Waals surface area contributed by atoms with Gasteiger partial charge in [0, 0.05) is 17.8 Å². The second-order valence-corrected chi connectivity index (χ2v) is 6.69. The van der Waals surface area contributed by atoms with Gasteiger partial charge in [0.2, 0.25) is 0 Å². The van der Waals surface area contributed by atoms with Crippen LogP contribution in [0, 0.1) is 13.8 Å². The Morgan fingerprint density at radius 3 is 2.62 bits per heavy atom. The first-order valence-corrected chi connectivity index (χ1v) is 8.91. The van der Waals surface area contributed by atoms with E-state index in [0.29, 0.717) is 29.2 Å². The van der Waals surface area contributed by atoms with E-state index >= 15 is 0 Å². The van der Waals surface area contributed by atoms with Crippen molar-refractivity contribution in [2.24, 2.45) is 0 Å². The number of ether oxygens (including phenoxy) is 1. The Kier molecular flexibility index (Phi) is 4.98. The summed E-state index contributed by atoms with van der Waals surface area (Å²) in [5, 5.41) is 2.91. The molecule has 1 atom stereocenters. The molecule has 0 spiro atoms. The molecule has 2 aromatic carbocycles. The molecule has 0 fully saturated rings. The van der Waals surface area contributed by atoms with Gasteiger partial charge in [0.15, 0.2) is 6.10 Å². The van der Waals surface area contributed by atoms with Gasteiger partial charge in [-0.2, -0.15) is 0 Å².